The van der Waals surface area contributed by atoms with E-state index in [2.05, 4.69) is 21.5 Å². The third-order valence-electron chi connectivity index (χ3n) is 3.35. The predicted octanol–water partition coefficient (Wildman–Crippen LogP) is 1.34. The third kappa shape index (κ3) is 3.18. The van der Waals surface area contributed by atoms with Crippen LogP contribution in [-0.2, 0) is 17.6 Å². The first kappa shape index (κ1) is 13.9. The fourth-order valence-electron chi connectivity index (χ4n) is 2.37. The van der Waals surface area contributed by atoms with E-state index in [1.54, 1.807) is 11.8 Å². The quantitative estimate of drug-likeness (QED) is 0.885. The molecule has 0 radical (unpaired) electrons. The van der Waals surface area contributed by atoms with Crippen LogP contribution in [0.25, 0.3) is 0 Å². The van der Waals surface area contributed by atoms with E-state index in [0.717, 1.165) is 17.7 Å². The van der Waals surface area contributed by atoms with E-state index in [1.165, 1.54) is 5.56 Å². The molecule has 2 heterocycles. The van der Waals surface area contributed by atoms with Crippen LogP contribution < -0.4 is 11.1 Å². The van der Waals surface area contributed by atoms with Gasteiger partial charge in [0.2, 0.25) is 11.8 Å². The molecule has 0 spiro atoms. The highest BCUT2D eigenvalue weighted by atomic mass is 32.2. The van der Waals surface area contributed by atoms with Gasteiger partial charge in [-0.25, -0.2) is 0 Å². The number of nitrogen functional groups attached to an aromatic ring is 1. The number of nitrogens with one attached hydrogen (secondary N) is 1. The van der Waals surface area contributed by atoms with Crippen molar-refractivity contribution in [1.82, 2.24) is 15.5 Å². The van der Waals surface area contributed by atoms with Crippen LogP contribution in [-0.4, -0.2) is 28.3 Å². The number of nitrogens with zero attached hydrogens (tertiary/aromatic N) is 2. The van der Waals surface area contributed by atoms with Crippen LogP contribution in [0.5, 0.6) is 0 Å². The summed E-state index contributed by atoms with van der Waals surface area (Å²) in [6.07, 6.45) is 1.50. The average molecular weight is 304 g/mol. The predicted molar refractivity (Wildman–Crippen MR) is 80.8 cm³/mol. The Bertz CT molecular complexity index is 643. The van der Waals surface area contributed by atoms with Crippen LogP contribution in [0.2, 0.25) is 0 Å². The molecule has 2 aromatic rings. The molecule has 0 bridgehead atoms. The number of thioether (sulfide) groups is 1. The molecule has 0 unspecified atom stereocenters. The Balaban J connectivity index is 1.59. The van der Waals surface area contributed by atoms with E-state index in [4.69, 9.17) is 10.3 Å². The van der Waals surface area contributed by atoms with Gasteiger partial charge in [0.25, 0.3) is 5.95 Å². The zero-order valence-electron chi connectivity index (χ0n) is 11.4. The van der Waals surface area contributed by atoms with Gasteiger partial charge < -0.3 is 15.6 Å². The monoisotopic (exact) mass is 304 g/mol. The van der Waals surface area contributed by atoms with Gasteiger partial charge in [-0.15, -0.1) is 11.8 Å². The van der Waals surface area contributed by atoms with Crippen LogP contribution in [0, 0.1) is 0 Å². The summed E-state index contributed by atoms with van der Waals surface area (Å²) in [5.74, 6) is 1.55. The summed E-state index contributed by atoms with van der Waals surface area (Å²) in [5.41, 5.74) is 7.76. The van der Waals surface area contributed by atoms with Gasteiger partial charge in [-0.05, 0) is 28.5 Å². The fourth-order valence-corrected chi connectivity index (χ4v) is 3.58. The Morgan fingerprint density at radius 3 is 3.14 bits per heavy atom. The second kappa shape index (κ2) is 6.17. The molecule has 6 nitrogen and oxygen atoms in total. The van der Waals surface area contributed by atoms with Crippen molar-refractivity contribution in [3.8, 4) is 0 Å². The standard InChI is InChI=1S/C14H16N4O2S/c15-14-17-11(20-18-14)5-7-16-13(19)12-10-4-2-1-3-9(10)6-8-21-12/h1-4,12H,5-8H2,(H2,15,18)(H,16,19)/t12-/m0/s1. The van der Waals surface area contributed by atoms with Crippen LogP contribution in [0.1, 0.15) is 22.3 Å². The number of nitrogens with two attached hydrogens (primary N) is 1. The molecule has 1 amide bonds. The maximum atomic E-state index is 12.3. The molecule has 7 heteroatoms. The van der Waals surface area contributed by atoms with Crippen molar-refractivity contribution < 1.29 is 9.32 Å². The lowest BCUT2D eigenvalue weighted by molar-refractivity contribution is -0.120. The molecule has 21 heavy (non-hydrogen) atoms. The van der Waals surface area contributed by atoms with Crippen molar-refractivity contribution >= 4 is 23.6 Å². The van der Waals surface area contributed by atoms with Gasteiger partial charge in [0.15, 0.2) is 0 Å². The maximum absolute atomic E-state index is 12.3. The van der Waals surface area contributed by atoms with E-state index in [1.807, 2.05) is 18.2 Å². The number of rotatable bonds is 4. The van der Waals surface area contributed by atoms with E-state index >= 15 is 0 Å². The lowest BCUT2D eigenvalue weighted by Crippen LogP contribution is -2.31. The lowest BCUT2D eigenvalue weighted by Gasteiger charge is -2.24. The molecule has 1 aliphatic rings. The number of benzene rings is 1. The van der Waals surface area contributed by atoms with Gasteiger partial charge in [-0.3, -0.25) is 4.79 Å². The molecule has 1 aromatic heterocycles. The summed E-state index contributed by atoms with van der Waals surface area (Å²) in [6.45, 7) is 0.458. The number of amides is 1. The topological polar surface area (TPSA) is 94.0 Å². The summed E-state index contributed by atoms with van der Waals surface area (Å²) in [6, 6.07) is 8.12. The lowest BCUT2D eigenvalue weighted by atomic mass is 10.0. The number of hydrogen-bond acceptors (Lipinski definition) is 6. The Hall–Kier alpha value is -2.02. The van der Waals surface area contributed by atoms with Gasteiger partial charge in [0.05, 0.1) is 0 Å². The molecule has 3 N–H and O–H groups in total. The van der Waals surface area contributed by atoms with Gasteiger partial charge in [-0.1, -0.05) is 24.3 Å². The largest absolute Gasteiger partial charge is 0.365 e. The molecule has 3 rings (SSSR count). The first-order chi connectivity index (χ1) is 10.2. The highest BCUT2D eigenvalue weighted by molar-refractivity contribution is 8.00. The molecular weight excluding hydrogens is 288 g/mol. The first-order valence-electron chi connectivity index (χ1n) is 6.79. The minimum absolute atomic E-state index is 0.0274. The molecule has 1 aromatic carbocycles. The van der Waals surface area contributed by atoms with Crippen LogP contribution in [0.3, 0.4) is 0 Å². The summed E-state index contributed by atoms with van der Waals surface area (Å²) >= 11 is 1.68. The SMILES string of the molecule is Nc1noc(CCNC(=O)[C@H]2SCCc3ccccc32)n1. The highest BCUT2D eigenvalue weighted by Crippen LogP contribution is 2.36. The minimum Gasteiger partial charge on any atom is -0.365 e. The van der Waals surface area contributed by atoms with E-state index < -0.39 is 0 Å². The molecule has 110 valence electrons. The number of aromatic nitrogens is 2. The van der Waals surface area contributed by atoms with Crippen molar-refractivity contribution in [3.05, 3.63) is 41.3 Å². The maximum Gasteiger partial charge on any atom is 0.260 e. The summed E-state index contributed by atoms with van der Waals surface area (Å²) in [7, 11) is 0. The van der Waals surface area contributed by atoms with Crippen molar-refractivity contribution in [1.29, 1.82) is 0 Å². The second-order valence-electron chi connectivity index (χ2n) is 4.79. The van der Waals surface area contributed by atoms with Crippen molar-refractivity contribution in [2.45, 2.75) is 18.1 Å². The van der Waals surface area contributed by atoms with Crippen LogP contribution in [0.4, 0.5) is 5.95 Å². The molecule has 1 atom stereocenters. The number of hydrogen-bond donors (Lipinski definition) is 2. The number of carbonyl (C=O) groups excluding carboxylic acids is 1. The fraction of sp³-hybridized carbons (Fsp3) is 0.357. The molecule has 0 saturated heterocycles. The summed E-state index contributed by atoms with van der Waals surface area (Å²) in [4.78, 5) is 16.2. The van der Waals surface area contributed by atoms with E-state index in [-0.39, 0.29) is 17.1 Å². The average Bonchev–Trinajstić information content (AvgIpc) is 2.92. The summed E-state index contributed by atoms with van der Waals surface area (Å²) in [5, 5.41) is 6.30. The zero-order chi connectivity index (χ0) is 14.7. The minimum atomic E-state index is -0.136. The number of aryl methyl sites for hydroxylation is 1. The summed E-state index contributed by atoms with van der Waals surface area (Å²) < 4.78 is 4.91. The van der Waals surface area contributed by atoms with Crippen molar-refractivity contribution in [2.75, 3.05) is 18.0 Å². The molecule has 0 fully saturated rings. The molecule has 1 aliphatic heterocycles. The van der Waals surface area contributed by atoms with Crippen LogP contribution in [0.15, 0.2) is 28.8 Å². The Kier molecular flexibility index (Phi) is 4.10. The van der Waals surface area contributed by atoms with E-state index in [0.29, 0.717) is 18.9 Å². The highest BCUT2D eigenvalue weighted by Gasteiger charge is 2.26. The Labute approximate surface area is 126 Å². The van der Waals surface area contributed by atoms with Gasteiger partial charge in [0.1, 0.15) is 5.25 Å². The number of anilines is 1. The first-order valence-corrected chi connectivity index (χ1v) is 7.84. The van der Waals surface area contributed by atoms with E-state index in [9.17, 15) is 4.79 Å². The molecular formula is C14H16N4O2S. The Morgan fingerprint density at radius 1 is 1.48 bits per heavy atom. The third-order valence-corrected chi connectivity index (χ3v) is 4.59. The number of fused-ring (bicyclic) bond motifs is 1. The Morgan fingerprint density at radius 2 is 2.33 bits per heavy atom. The van der Waals surface area contributed by atoms with Gasteiger partial charge in [0, 0.05) is 13.0 Å². The molecule has 0 aliphatic carbocycles. The number of carbonyl (C=O) groups is 1. The normalized spacial score (nSPS) is 17.2. The van der Waals surface area contributed by atoms with Crippen molar-refractivity contribution in [3.63, 3.8) is 0 Å². The molecule has 0 saturated carbocycles. The smallest absolute Gasteiger partial charge is 0.260 e. The second-order valence-corrected chi connectivity index (χ2v) is 6.00. The van der Waals surface area contributed by atoms with Gasteiger partial charge in [-0.2, -0.15) is 4.98 Å². The van der Waals surface area contributed by atoms with Crippen LogP contribution >= 0.6 is 11.8 Å². The van der Waals surface area contributed by atoms with Crippen molar-refractivity contribution in [2.24, 2.45) is 0 Å². The zero-order valence-corrected chi connectivity index (χ0v) is 12.2. The van der Waals surface area contributed by atoms with Gasteiger partial charge >= 0.3 is 0 Å².